The second-order valence-electron chi connectivity index (χ2n) is 3.81. The fourth-order valence-corrected chi connectivity index (χ4v) is 2.90. The monoisotopic (exact) mass is 402 g/mol. The predicted molar refractivity (Wildman–Crippen MR) is 85.7 cm³/mol. The van der Waals surface area contributed by atoms with E-state index >= 15 is 0 Å². The highest BCUT2D eigenvalue weighted by molar-refractivity contribution is 9.11. The number of anilines is 2. The Kier molecular flexibility index (Phi) is 4.50. The van der Waals surface area contributed by atoms with E-state index in [0.717, 1.165) is 4.47 Å². The van der Waals surface area contributed by atoms with Crippen LogP contribution in [-0.4, -0.2) is 5.91 Å². The van der Waals surface area contributed by atoms with Gasteiger partial charge in [-0.15, -0.1) is 0 Å². The van der Waals surface area contributed by atoms with E-state index in [-0.39, 0.29) is 5.91 Å². The standard InChI is InChI=1S/C13H9Br2ClN2O/c14-7-1-3-9(10(15)5-7)13(19)18-12-6-8(16)2-4-11(12)17/h1-6H,17H2,(H,18,19). The maximum Gasteiger partial charge on any atom is 0.256 e. The smallest absolute Gasteiger partial charge is 0.256 e. The molecule has 0 saturated carbocycles. The van der Waals surface area contributed by atoms with Crippen molar-refractivity contribution < 1.29 is 4.79 Å². The van der Waals surface area contributed by atoms with Gasteiger partial charge >= 0.3 is 0 Å². The van der Waals surface area contributed by atoms with Gasteiger partial charge in [-0.25, -0.2) is 0 Å². The highest BCUT2D eigenvalue weighted by Crippen LogP contribution is 2.26. The number of hydrogen-bond acceptors (Lipinski definition) is 2. The lowest BCUT2D eigenvalue weighted by molar-refractivity contribution is 0.102. The molecule has 0 aliphatic carbocycles. The first-order valence-electron chi connectivity index (χ1n) is 5.29. The van der Waals surface area contributed by atoms with Gasteiger partial charge in [0.05, 0.1) is 16.9 Å². The van der Waals surface area contributed by atoms with Crippen molar-refractivity contribution in [1.29, 1.82) is 0 Å². The summed E-state index contributed by atoms with van der Waals surface area (Å²) in [6.45, 7) is 0. The Hall–Kier alpha value is -1.04. The van der Waals surface area contributed by atoms with Gasteiger partial charge in [-0.2, -0.15) is 0 Å². The van der Waals surface area contributed by atoms with E-state index in [2.05, 4.69) is 37.2 Å². The number of carbonyl (C=O) groups is 1. The van der Waals surface area contributed by atoms with Crippen LogP contribution in [0.25, 0.3) is 0 Å². The van der Waals surface area contributed by atoms with Crippen molar-refractivity contribution in [2.24, 2.45) is 0 Å². The normalized spacial score (nSPS) is 10.3. The molecular weight excluding hydrogens is 395 g/mol. The molecule has 2 aromatic rings. The Labute approximate surface area is 132 Å². The zero-order valence-electron chi connectivity index (χ0n) is 9.58. The van der Waals surface area contributed by atoms with Crippen LogP contribution >= 0.6 is 43.5 Å². The Morgan fingerprint density at radius 1 is 1.16 bits per heavy atom. The van der Waals surface area contributed by atoms with Crippen LogP contribution in [0.15, 0.2) is 45.3 Å². The average molecular weight is 404 g/mol. The van der Waals surface area contributed by atoms with Crippen molar-refractivity contribution in [2.45, 2.75) is 0 Å². The van der Waals surface area contributed by atoms with Gasteiger partial charge < -0.3 is 11.1 Å². The number of rotatable bonds is 2. The summed E-state index contributed by atoms with van der Waals surface area (Å²) in [5.74, 6) is -0.256. The third-order valence-electron chi connectivity index (χ3n) is 2.44. The van der Waals surface area contributed by atoms with Gasteiger partial charge in [-0.1, -0.05) is 27.5 Å². The van der Waals surface area contributed by atoms with Crippen LogP contribution < -0.4 is 11.1 Å². The Morgan fingerprint density at radius 3 is 2.58 bits per heavy atom. The molecule has 0 radical (unpaired) electrons. The molecule has 0 spiro atoms. The lowest BCUT2D eigenvalue weighted by Gasteiger charge is -2.10. The highest BCUT2D eigenvalue weighted by atomic mass is 79.9. The minimum absolute atomic E-state index is 0.256. The lowest BCUT2D eigenvalue weighted by atomic mass is 10.2. The number of halogens is 3. The van der Waals surface area contributed by atoms with Crippen molar-refractivity contribution in [3.63, 3.8) is 0 Å². The number of benzene rings is 2. The van der Waals surface area contributed by atoms with Crippen molar-refractivity contribution in [1.82, 2.24) is 0 Å². The summed E-state index contributed by atoms with van der Waals surface area (Å²) in [7, 11) is 0. The third-order valence-corrected chi connectivity index (χ3v) is 3.82. The molecule has 0 heterocycles. The number of hydrogen-bond donors (Lipinski definition) is 2. The van der Waals surface area contributed by atoms with Crippen molar-refractivity contribution in [2.75, 3.05) is 11.1 Å². The van der Waals surface area contributed by atoms with Crippen LogP contribution in [0.4, 0.5) is 11.4 Å². The molecule has 3 N–H and O–H groups in total. The molecule has 98 valence electrons. The molecule has 0 atom stereocenters. The molecule has 2 aromatic carbocycles. The van der Waals surface area contributed by atoms with Gasteiger partial charge in [-0.05, 0) is 52.3 Å². The zero-order chi connectivity index (χ0) is 14.0. The summed E-state index contributed by atoms with van der Waals surface area (Å²) in [6, 6.07) is 10.2. The summed E-state index contributed by atoms with van der Waals surface area (Å²) >= 11 is 12.6. The Balaban J connectivity index is 2.28. The van der Waals surface area contributed by atoms with Crippen LogP contribution in [-0.2, 0) is 0 Å². The van der Waals surface area contributed by atoms with Crippen LogP contribution in [0.1, 0.15) is 10.4 Å². The Bertz CT molecular complexity index is 647. The second kappa shape index (κ2) is 5.94. The molecule has 1 amide bonds. The molecule has 0 unspecified atom stereocenters. The molecule has 3 nitrogen and oxygen atoms in total. The topological polar surface area (TPSA) is 55.1 Å². The molecule has 19 heavy (non-hydrogen) atoms. The van der Waals surface area contributed by atoms with Crippen LogP contribution in [0.2, 0.25) is 5.02 Å². The van der Waals surface area contributed by atoms with Crippen molar-refractivity contribution >= 4 is 60.7 Å². The van der Waals surface area contributed by atoms with E-state index < -0.39 is 0 Å². The highest BCUT2D eigenvalue weighted by Gasteiger charge is 2.12. The first kappa shape index (κ1) is 14.4. The molecule has 0 aliphatic heterocycles. The fraction of sp³-hybridized carbons (Fsp3) is 0. The number of nitrogens with two attached hydrogens (primary N) is 1. The van der Waals surface area contributed by atoms with Gasteiger partial charge in [0.2, 0.25) is 0 Å². The van der Waals surface area contributed by atoms with Gasteiger partial charge in [0.15, 0.2) is 0 Å². The first-order valence-corrected chi connectivity index (χ1v) is 7.25. The van der Waals surface area contributed by atoms with E-state index in [9.17, 15) is 4.79 Å². The van der Waals surface area contributed by atoms with Crippen LogP contribution in [0.3, 0.4) is 0 Å². The maximum absolute atomic E-state index is 12.2. The summed E-state index contributed by atoms with van der Waals surface area (Å²) in [4.78, 5) is 12.2. The SMILES string of the molecule is Nc1ccc(Cl)cc1NC(=O)c1ccc(Br)cc1Br. The molecule has 6 heteroatoms. The molecule has 2 rings (SSSR count). The quantitative estimate of drug-likeness (QED) is 0.713. The van der Waals surface area contributed by atoms with Gasteiger partial charge in [0, 0.05) is 14.0 Å². The lowest BCUT2D eigenvalue weighted by Crippen LogP contribution is -2.13. The van der Waals surface area contributed by atoms with Crippen molar-refractivity contribution in [3.8, 4) is 0 Å². The number of nitrogen functional groups attached to an aromatic ring is 1. The Morgan fingerprint density at radius 2 is 1.89 bits per heavy atom. The maximum atomic E-state index is 12.2. The van der Waals surface area contributed by atoms with E-state index in [1.165, 1.54) is 0 Å². The average Bonchev–Trinajstić information content (AvgIpc) is 2.33. The summed E-state index contributed by atoms with van der Waals surface area (Å²) < 4.78 is 1.58. The largest absolute Gasteiger partial charge is 0.397 e. The van der Waals surface area contributed by atoms with Crippen molar-refractivity contribution in [3.05, 3.63) is 55.9 Å². The molecule has 0 fully saturated rings. The van der Waals surface area contributed by atoms with Gasteiger partial charge in [0.25, 0.3) is 5.91 Å². The summed E-state index contributed by atoms with van der Waals surface area (Å²) in [6.07, 6.45) is 0. The third kappa shape index (κ3) is 3.49. The first-order chi connectivity index (χ1) is 8.97. The van der Waals surface area contributed by atoms with Gasteiger partial charge in [0.1, 0.15) is 0 Å². The molecule has 0 saturated heterocycles. The molecule has 0 aromatic heterocycles. The van der Waals surface area contributed by atoms with Crippen LogP contribution in [0.5, 0.6) is 0 Å². The summed E-state index contributed by atoms with van der Waals surface area (Å²) in [5, 5.41) is 3.25. The van der Waals surface area contributed by atoms with E-state index in [1.807, 2.05) is 0 Å². The number of nitrogens with one attached hydrogen (secondary N) is 1. The second-order valence-corrected chi connectivity index (χ2v) is 6.02. The van der Waals surface area contributed by atoms with Gasteiger partial charge in [-0.3, -0.25) is 4.79 Å². The minimum atomic E-state index is -0.256. The zero-order valence-corrected chi connectivity index (χ0v) is 13.5. The minimum Gasteiger partial charge on any atom is -0.397 e. The van der Waals surface area contributed by atoms with E-state index in [4.69, 9.17) is 17.3 Å². The molecule has 0 aliphatic rings. The molecule has 0 bridgehead atoms. The number of amides is 1. The van der Waals surface area contributed by atoms with E-state index in [1.54, 1.807) is 36.4 Å². The van der Waals surface area contributed by atoms with E-state index in [0.29, 0.717) is 26.4 Å². The van der Waals surface area contributed by atoms with Crippen LogP contribution in [0, 0.1) is 0 Å². The predicted octanol–water partition coefficient (Wildman–Crippen LogP) is 4.70. The molecular formula is C13H9Br2ClN2O. The summed E-state index contributed by atoms with van der Waals surface area (Å²) in [5.41, 5.74) is 7.26. The number of carbonyl (C=O) groups excluding carboxylic acids is 1. The fourth-order valence-electron chi connectivity index (χ4n) is 1.50.